The number of benzene rings is 1. The van der Waals surface area contributed by atoms with E-state index >= 15 is 0 Å². The molecule has 0 saturated heterocycles. The molecule has 1 aromatic carbocycles. The van der Waals surface area contributed by atoms with E-state index in [1.54, 1.807) is 0 Å². The molecule has 3 aromatic rings. The predicted molar refractivity (Wildman–Crippen MR) is 103 cm³/mol. The Bertz CT molecular complexity index is 840. The van der Waals surface area contributed by atoms with Crippen molar-refractivity contribution in [2.24, 2.45) is 0 Å². The van der Waals surface area contributed by atoms with Crippen molar-refractivity contribution >= 4 is 17.2 Å². The Morgan fingerprint density at radius 3 is 2.69 bits per heavy atom. The van der Waals surface area contributed by atoms with Crippen molar-refractivity contribution in [2.75, 3.05) is 6.54 Å². The van der Waals surface area contributed by atoms with Gasteiger partial charge in [-0.1, -0.05) is 48.0 Å². The molecule has 0 aliphatic rings. The van der Waals surface area contributed by atoms with E-state index in [0.717, 1.165) is 16.9 Å². The van der Waals surface area contributed by atoms with Gasteiger partial charge in [-0.2, -0.15) is 4.98 Å². The van der Waals surface area contributed by atoms with Crippen LogP contribution in [-0.4, -0.2) is 33.5 Å². The Morgan fingerprint density at radius 1 is 1.27 bits per heavy atom. The molecule has 2 heterocycles. The lowest BCUT2D eigenvalue weighted by Gasteiger charge is -2.27. The maximum atomic E-state index is 12.8. The molecular formula is C20H23N3O2S. The second-order valence-corrected chi connectivity index (χ2v) is 7.31. The lowest BCUT2D eigenvalue weighted by atomic mass is 10.1. The van der Waals surface area contributed by atoms with E-state index < -0.39 is 0 Å². The molecule has 0 aliphatic heterocycles. The minimum absolute atomic E-state index is 0.0626. The summed E-state index contributed by atoms with van der Waals surface area (Å²) in [6, 6.07) is 11.9. The first-order chi connectivity index (χ1) is 12.6. The minimum Gasteiger partial charge on any atom is -0.339 e. The highest BCUT2D eigenvalue weighted by molar-refractivity contribution is 7.12. The molecule has 1 atom stereocenters. The van der Waals surface area contributed by atoms with E-state index in [-0.39, 0.29) is 11.9 Å². The molecule has 6 heteroatoms. The van der Waals surface area contributed by atoms with Gasteiger partial charge in [-0.05, 0) is 31.7 Å². The van der Waals surface area contributed by atoms with Crippen molar-refractivity contribution in [3.63, 3.8) is 0 Å². The molecule has 0 saturated carbocycles. The van der Waals surface area contributed by atoms with Crippen LogP contribution in [0.15, 0.2) is 46.3 Å². The van der Waals surface area contributed by atoms with Gasteiger partial charge in [0.1, 0.15) is 0 Å². The molecule has 0 radical (unpaired) electrons. The molecule has 0 unspecified atom stereocenters. The van der Waals surface area contributed by atoms with Crippen LogP contribution in [0.5, 0.6) is 0 Å². The zero-order valence-corrected chi connectivity index (χ0v) is 16.1. The summed E-state index contributed by atoms with van der Waals surface area (Å²) in [5.74, 6) is 1.19. The van der Waals surface area contributed by atoms with Gasteiger partial charge in [0, 0.05) is 24.6 Å². The van der Waals surface area contributed by atoms with Crippen LogP contribution in [0.1, 0.15) is 41.4 Å². The number of hydrogen-bond acceptors (Lipinski definition) is 5. The summed E-state index contributed by atoms with van der Waals surface area (Å²) in [7, 11) is 0. The van der Waals surface area contributed by atoms with E-state index in [4.69, 9.17) is 4.52 Å². The van der Waals surface area contributed by atoms with Crippen LogP contribution in [0, 0.1) is 6.92 Å². The molecule has 0 bridgehead atoms. The maximum absolute atomic E-state index is 12.8. The molecule has 2 aromatic heterocycles. The smallest absolute Gasteiger partial charge is 0.264 e. The van der Waals surface area contributed by atoms with Gasteiger partial charge < -0.3 is 9.42 Å². The van der Waals surface area contributed by atoms with Gasteiger partial charge >= 0.3 is 0 Å². The van der Waals surface area contributed by atoms with Gasteiger partial charge in [-0.15, -0.1) is 11.3 Å². The van der Waals surface area contributed by atoms with E-state index in [0.29, 0.717) is 24.7 Å². The number of rotatable bonds is 7. The quantitative estimate of drug-likeness (QED) is 0.611. The van der Waals surface area contributed by atoms with Crippen LogP contribution in [0.3, 0.4) is 0 Å². The molecular weight excluding hydrogens is 346 g/mol. The highest BCUT2D eigenvalue weighted by atomic mass is 32.1. The first-order valence-corrected chi connectivity index (χ1v) is 9.70. The number of aryl methyl sites for hydroxylation is 1. The molecule has 136 valence electrons. The predicted octanol–water partition coefficient (Wildman–Crippen LogP) is 4.59. The third-order valence-corrected chi connectivity index (χ3v) is 5.32. The summed E-state index contributed by atoms with van der Waals surface area (Å²) < 4.78 is 5.39. The zero-order chi connectivity index (χ0) is 18.5. The average molecular weight is 369 g/mol. The number of carbonyl (C=O) groups excluding carboxylic acids is 1. The summed E-state index contributed by atoms with van der Waals surface area (Å²) in [5, 5.41) is 5.99. The van der Waals surface area contributed by atoms with Crippen LogP contribution in [0.2, 0.25) is 0 Å². The summed E-state index contributed by atoms with van der Waals surface area (Å²) in [6.07, 6.45) is 1.44. The van der Waals surface area contributed by atoms with Gasteiger partial charge in [0.2, 0.25) is 11.7 Å². The van der Waals surface area contributed by atoms with E-state index in [1.165, 1.54) is 16.9 Å². The fourth-order valence-electron chi connectivity index (χ4n) is 2.68. The normalized spacial score (nSPS) is 12.1. The summed E-state index contributed by atoms with van der Waals surface area (Å²) in [4.78, 5) is 19.9. The van der Waals surface area contributed by atoms with Crippen molar-refractivity contribution in [1.29, 1.82) is 0 Å². The van der Waals surface area contributed by atoms with Crippen LogP contribution in [-0.2, 0) is 6.42 Å². The lowest BCUT2D eigenvalue weighted by Crippen LogP contribution is -2.39. The molecule has 0 N–H and O–H groups in total. The third kappa shape index (κ3) is 4.19. The monoisotopic (exact) mass is 369 g/mol. The molecule has 26 heavy (non-hydrogen) atoms. The number of carbonyl (C=O) groups is 1. The average Bonchev–Trinajstić information content (AvgIpc) is 3.34. The Labute approximate surface area is 157 Å². The molecule has 0 fully saturated rings. The number of amides is 1. The SMILES string of the molecule is CC[C@H](C)N(CCc1nc(-c2ccc(C)cc2)no1)C(=O)c1cccs1. The summed E-state index contributed by atoms with van der Waals surface area (Å²) in [6.45, 7) is 6.75. The Balaban J connectivity index is 1.69. The van der Waals surface area contributed by atoms with Crippen molar-refractivity contribution < 1.29 is 9.32 Å². The van der Waals surface area contributed by atoms with E-state index in [2.05, 4.69) is 24.0 Å². The fourth-order valence-corrected chi connectivity index (χ4v) is 3.36. The molecule has 0 aliphatic carbocycles. The first kappa shape index (κ1) is 18.3. The van der Waals surface area contributed by atoms with E-state index in [1.807, 2.05) is 53.6 Å². The van der Waals surface area contributed by atoms with Crippen molar-refractivity contribution in [1.82, 2.24) is 15.0 Å². The minimum atomic E-state index is 0.0626. The molecule has 0 spiro atoms. The molecule has 5 nitrogen and oxygen atoms in total. The Hall–Kier alpha value is -2.47. The van der Waals surface area contributed by atoms with Crippen LogP contribution in [0.25, 0.3) is 11.4 Å². The van der Waals surface area contributed by atoms with Crippen LogP contribution >= 0.6 is 11.3 Å². The van der Waals surface area contributed by atoms with Gasteiger partial charge in [-0.25, -0.2) is 0 Å². The van der Waals surface area contributed by atoms with Crippen LogP contribution in [0.4, 0.5) is 0 Å². The van der Waals surface area contributed by atoms with Gasteiger partial charge in [-0.3, -0.25) is 4.79 Å². The highest BCUT2D eigenvalue weighted by Gasteiger charge is 2.22. The topological polar surface area (TPSA) is 59.2 Å². The van der Waals surface area contributed by atoms with Gasteiger partial charge in [0.25, 0.3) is 5.91 Å². The van der Waals surface area contributed by atoms with Gasteiger partial charge in [0.15, 0.2) is 0 Å². The summed E-state index contributed by atoms with van der Waals surface area (Å²) >= 11 is 1.47. The second-order valence-electron chi connectivity index (χ2n) is 6.36. The number of nitrogens with zero attached hydrogens (tertiary/aromatic N) is 3. The zero-order valence-electron chi connectivity index (χ0n) is 15.3. The lowest BCUT2D eigenvalue weighted by molar-refractivity contribution is 0.0691. The van der Waals surface area contributed by atoms with Crippen molar-refractivity contribution in [3.8, 4) is 11.4 Å². The van der Waals surface area contributed by atoms with Crippen molar-refractivity contribution in [3.05, 3.63) is 58.1 Å². The Morgan fingerprint density at radius 2 is 2.04 bits per heavy atom. The third-order valence-electron chi connectivity index (χ3n) is 4.46. The van der Waals surface area contributed by atoms with Gasteiger partial charge in [0.05, 0.1) is 4.88 Å². The number of hydrogen-bond donors (Lipinski definition) is 0. The highest BCUT2D eigenvalue weighted by Crippen LogP contribution is 2.18. The first-order valence-electron chi connectivity index (χ1n) is 8.82. The largest absolute Gasteiger partial charge is 0.339 e. The Kier molecular flexibility index (Phi) is 5.83. The van der Waals surface area contributed by atoms with Crippen molar-refractivity contribution in [2.45, 2.75) is 39.7 Å². The molecule has 1 amide bonds. The number of aromatic nitrogens is 2. The number of thiophene rings is 1. The maximum Gasteiger partial charge on any atom is 0.264 e. The second kappa shape index (κ2) is 8.27. The standard InChI is InChI=1S/C20H23N3O2S/c1-4-15(3)23(20(24)17-6-5-13-26-17)12-11-18-21-19(22-25-18)16-9-7-14(2)8-10-16/h5-10,13,15H,4,11-12H2,1-3H3/t15-/m0/s1. The van der Waals surface area contributed by atoms with Crippen LogP contribution < -0.4 is 0 Å². The molecule has 3 rings (SSSR count). The summed E-state index contributed by atoms with van der Waals surface area (Å²) in [5.41, 5.74) is 2.12. The fraction of sp³-hybridized carbons (Fsp3) is 0.350. The van der Waals surface area contributed by atoms with E-state index in [9.17, 15) is 4.79 Å².